The monoisotopic (exact) mass is 394 g/mol. The van der Waals surface area contributed by atoms with Gasteiger partial charge in [-0.15, -0.1) is 0 Å². The van der Waals surface area contributed by atoms with E-state index in [1.807, 2.05) is 12.1 Å². The lowest BCUT2D eigenvalue weighted by Crippen LogP contribution is -2.32. The van der Waals surface area contributed by atoms with E-state index in [0.29, 0.717) is 5.41 Å². The molecule has 0 aliphatic carbocycles. The zero-order chi connectivity index (χ0) is 13.8. The maximum atomic E-state index is 6.37. The third-order valence-corrected chi connectivity index (χ3v) is 5.79. The van der Waals surface area contributed by atoms with E-state index >= 15 is 0 Å². The van der Waals surface area contributed by atoms with Crippen molar-refractivity contribution in [3.63, 3.8) is 0 Å². The van der Waals surface area contributed by atoms with Crippen LogP contribution in [-0.4, -0.2) is 10.7 Å². The Hall–Kier alpha value is 0.470. The third-order valence-electron chi connectivity index (χ3n) is 3.31. The first kappa shape index (κ1) is 16.5. The molecule has 0 fully saturated rings. The fraction of sp³-hybridized carbons (Fsp3) is 0.600. The van der Waals surface area contributed by atoms with Crippen LogP contribution in [0.4, 0.5) is 0 Å². The van der Waals surface area contributed by atoms with Crippen LogP contribution in [0.3, 0.4) is 0 Å². The van der Waals surface area contributed by atoms with E-state index < -0.39 is 0 Å². The van der Waals surface area contributed by atoms with E-state index in [4.69, 9.17) is 11.6 Å². The van der Waals surface area contributed by atoms with Crippen molar-refractivity contribution in [2.24, 2.45) is 5.41 Å². The standard InChI is InChI=1S/C15H21Br2Cl/c1-14(2,3)8-9-15(10-16,11-17)12-6-4-5-7-13(12)18/h4-7H,8-11H2,1-3H3. The smallest absolute Gasteiger partial charge is 0.0444 e. The van der Waals surface area contributed by atoms with E-state index in [9.17, 15) is 0 Å². The van der Waals surface area contributed by atoms with Gasteiger partial charge in [0.1, 0.15) is 0 Å². The summed E-state index contributed by atoms with van der Waals surface area (Å²) in [5, 5.41) is 2.71. The molecule has 0 radical (unpaired) electrons. The van der Waals surface area contributed by atoms with E-state index in [-0.39, 0.29) is 5.41 Å². The predicted molar refractivity (Wildman–Crippen MR) is 89.4 cm³/mol. The number of hydrogen-bond acceptors (Lipinski definition) is 0. The summed E-state index contributed by atoms with van der Waals surface area (Å²) in [7, 11) is 0. The molecule has 0 unspecified atom stereocenters. The van der Waals surface area contributed by atoms with Crippen molar-refractivity contribution in [1.82, 2.24) is 0 Å². The lowest BCUT2D eigenvalue weighted by atomic mass is 9.76. The average molecular weight is 397 g/mol. The largest absolute Gasteiger partial charge is 0.0918 e. The van der Waals surface area contributed by atoms with Gasteiger partial charge in [0, 0.05) is 21.1 Å². The molecule has 0 saturated heterocycles. The molecule has 1 aromatic rings. The second kappa shape index (κ2) is 6.76. The number of benzene rings is 1. The molecule has 18 heavy (non-hydrogen) atoms. The molecule has 0 spiro atoms. The van der Waals surface area contributed by atoms with Crippen molar-refractivity contribution in [3.05, 3.63) is 34.9 Å². The van der Waals surface area contributed by atoms with Crippen molar-refractivity contribution < 1.29 is 0 Å². The quantitative estimate of drug-likeness (QED) is 0.520. The van der Waals surface area contributed by atoms with Crippen LogP contribution in [-0.2, 0) is 5.41 Å². The molecule has 1 rings (SSSR count). The summed E-state index contributed by atoms with van der Waals surface area (Å²) in [6.45, 7) is 6.85. The second-order valence-electron chi connectivity index (χ2n) is 6.09. The molecule has 0 bridgehead atoms. The summed E-state index contributed by atoms with van der Waals surface area (Å²) in [4.78, 5) is 0. The molecular weight excluding hydrogens is 375 g/mol. The Morgan fingerprint density at radius 1 is 1.00 bits per heavy atom. The molecule has 0 N–H and O–H groups in total. The topological polar surface area (TPSA) is 0 Å². The van der Waals surface area contributed by atoms with Crippen LogP contribution in [0.2, 0.25) is 5.02 Å². The van der Waals surface area contributed by atoms with Crippen molar-refractivity contribution in [3.8, 4) is 0 Å². The minimum absolute atomic E-state index is 0.0750. The first-order chi connectivity index (χ1) is 8.34. The van der Waals surface area contributed by atoms with Gasteiger partial charge in [-0.3, -0.25) is 0 Å². The Bertz CT molecular complexity index is 378. The molecule has 0 amide bonds. The van der Waals surface area contributed by atoms with Crippen molar-refractivity contribution in [2.45, 2.75) is 39.0 Å². The van der Waals surface area contributed by atoms with Gasteiger partial charge in [0.2, 0.25) is 0 Å². The van der Waals surface area contributed by atoms with Gasteiger partial charge in [-0.2, -0.15) is 0 Å². The molecule has 1 aromatic carbocycles. The van der Waals surface area contributed by atoms with E-state index in [1.165, 1.54) is 12.0 Å². The van der Waals surface area contributed by atoms with Gasteiger partial charge in [-0.05, 0) is 29.9 Å². The summed E-state index contributed by atoms with van der Waals surface area (Å²) in [6, 6.07) is 8.18. The van der Waals surface area contributed by atoms with Crippen LogP contribution < -0.4 is 0 Å². The van der Waals surface area contributed by atoms with E-state index in [0.717, 1.165) is 22.1 Å². The molecule has 0 atom stereocenters. The molecule has 0 heterocycles. The average Bonchev–Trinajstić information content (AvgIpc) is 2.31. The van der Waals surface area contributed by atoms with Gasteiger partial charge < -0.3 is 0 Å². The molecule has 0 saturated carbocycles. The van der Waals surface area contributed by atoms with Crippen LogP contribution in [0, 0.1) is 5.41 Å². The van der Waals surface area contributed by atoms with Gasteiger partial charge in [0.15, 0.2) is 0 Å². The summed E-state index contributed by atoms with van der Waals surface area (Å²) >= 11 is 13.7. The summed E-state index contributed by atoms with van der Waals surface area (Å²) in [6.07, 6.45) is 2.30. The zero-order valence-corrected chi connectivity index (χ0v) is 15.2. The maximum Gasteiger partial charge on any atom is 0.0444 e. The molecule has 3 heteroatoms. The van der Waals surface area contributed by atoms with Crippen molar-refractivity contribution >= 4 is 43.5 Å². The molecule has 0 aromatic heterocycles. The summed E-state index contributed by atoms with van der Waals surface area (Å²) in [5.41, 5.74) is 1.66. The minimum Gasteiger partial charge on any atom is -0.0918 e. The SMILES string of the molecule is CC(C)(C)CCC(CBr)(CBr)c1ccccc1Cl. The maximum absolute atomic E-state index is 6.37. The van der Waals surface area contributed by atoms with Crippen LogP contribution in [0.1, 0.15) is 39.2 Å². The summed E-state index contributed by atoms with van der Waals surface area (Å²) in [5.74, 6) is 0. The highest BCUT2D eigenvalue weighted by Crippen LogP contribution is 2.40. The van der Waals surface area contributed by atoms with E-state index in [2.05, 4.69) is 64.8 Å². The highest BCUT2D eigenvalue weighted by molar-refractivity contribution is 9.09. The Balaban J connectivity index is 3.04. The van der Waals surface area contributed by atoms with E-state index in [1.54, 1.807) is 0 Å². The molecular formula is C15H21Br2Cl. The first-order valence-corrected chi connectivity index (χ1v) is 8.84. The summed E-state index contributed by atoms with van der Waals surface area (Å²) < 4.78 is 0. The van der Waals surface area contributed by atoms with Gasteiger partial charge in [0.05, 0.1) is 0 Å². The molecule has 0 aliphatic rings. The number of alkyl halides is 2. The van der Waals surface area contributed by atoms with Crippen LogP contribution in [0.15, 0.2) is 24.3 Å². The Labute approximate surface area is 133 Å². The van der Waals surface area contributed by atoms with Gasteiger partial charge in [-0.25, -0.2) is 0 Å². The van der Waals surface area contributed by atoms with Crippen molar-refractivity contribution in [2.75, 3.05) is 10.7 Å². The number of rotatable bonds is 5. The fourth-order valence-electron chi connectivity index (χ4n) is 1.95. The van der Waals surface area contributed by atoms with Gasteiger partial charge in [-0.1, -0.05) is 82.4 Å². The van der Waals surface area contributed by atoms with Crippen LogP contribution in [0.5, 0.6) is 0 Å². The Morgan fingerprint density at radius 2 is 1.56 bits per heavy atom. The third kappa shape index (κ3) is 4.25. The lowest BCUT2D eigenvalue weighted by molar-refractivity contribution is 0.321. The highest BCUT2D eigenvalue weighted by Gasteiger charge is 2.33. The van der Waals surface area contributed by atoms with Crippen molar-refractivity contribution in [1.29, 1.82) is 0 Å². The predicted octanol–water partition coefficient (Wildman–Crippen LogP) is 6.19. The Kier molecular flexibility index (Phi) is 6.21. The molecule has 102 valence electrons. The van der Waals surface area contributed by atoms with Gasteiger partial charge in [0.25, 0.3) is 0 Å². The molecule has 0 nitrogen and oxygen atoms in total. The highest BCUT2D eigenvalue weighted by atomic mass is 79.9. The number of hydrogen-bond donors (Lipinski definition) is 0. The fourth-order valence-corrected chi connectivity index (χ4v) is 4.38. The molecule has 0 aliphatic heterocycles. The Morgan fingerprint density at radius 3 is 2.00 bits per heavy atom. The van der Waals surface area contributed by atoms with Crippen LogP contribution >= 0.6 is 43.5 Å². The number of halogens is 3. The normalized spacial score (nSPS) is 12.8. The first-order valence-electron chi connectivity index (χ1n) is 6.22. The minimum atomic E-state index is 0.0750. The van der Waals surface area contributed by atoms with Crippen LogP contribution in [0.25, 0.3) is 0 Å². The zero-order valence-electron chi connectivity index (χ0n) is 11.3. The van der Waals surface area contributed by atoms with Gasteiger partial charge >= 0.3 is 0 Å². The second-order valence-corrected chi connectivity index (χ2v) is 7.62. The lowest BCUT2D eigenvalue weighted by Gasteiger charge is -2.34.